The number of likely N-dealkylation sites (N-methyl/N-ethyl adjacent to an activating group) is 3. The highest BCUT2D eigenvalue weighted by Crippen LogP contribution is 2.31. The molecule has 0 spiro atoms. The fraction of sp³-hybridized carbons (Fsp3) is 0.792. The average molecular weight is 892 g/mol. The lowest BCUT2D eigenvalue weighted by atomic mass is 10.1. The molecule has 64 heavy (non-hydrogen) atoms. The molecule has 0 atom stereocenters. The normalized spacial score (nSPS) is 12.4. The van der Waals surface area contributed by atoms with Gasteiger partial charge < -0.3 is 40.0 Å². The van der Waals surface area contributed by atoms with E-state index in [4.69, 9.17) is 15.5 Å². The van der Waals surface area contributed by atoms with Crippen molar-refractivity contribution in [2.45, 2.75) is 189 Å². The van der Waals surface area contributed by atoms with Crippen molar-refractivity contribution in [2.75, 3.05) is 91.8 Å². The molecule has 11 heteroatoms. The Morgan fingerprint density at radius 1 is 0.656 bits per heavy atom. The molecule has 1 aromatic carbocycles. The van der Waals surface area contributed by atoms with Crippen LogP contribution in [0.4, 0.5) is 5.82 Å². The minimum Gasteiger partial charge on any atom is -0.458 e. The first-order valence-electron chi connectivity index (χ1n) is 26.3. The van der Waals surface area contributed by atoms with Crippen molar-refractivity contribution in [1.29, 1.82) is 0 Å². The number of hydrogen-bond acceptors (Lipinski definition) is 10. The van der Waals surface area contributed by atoms with Gasteiger partial charge in [-0.3, -0.25) is 4.79 Å². The third-order valence-electron chi connectivity index (χ3n) is 13.1. The number of fused-ring (bicyclic) bond motifs is 3. The van der Waals surface area contributed by atoms with Gasteiger partial charge in [-0.2, -0.15) is 0 Å². The first kappa shape index (κ1) is 55.5. The van der Waals surface area contributed by atoms with Gasteiger partial charge in [0.2, 0.25) is 0 Å². The fourth-order valence-electron chi connectivity index (χ4n) is 8.89. The molecule has 366 valence electrons. The molecule has 0 radical (unpaired) electrons. The predicted octanol–water partition coefficient (Wildman–Crippen LogP) is 10.9. The van der Waals surface area contributed by atoms with Crippen LogP contribution in [-0.4, -0.2) is 132 Å². The Morgan fingerprint density at radius 2 is 1.16 bits per heavy atom. The van der Waals surface area contributed by atoms with Gasteiger partial charge in [0.1, 0.15) is 16.9 Å². The number of unbranched alkanes of at least 4 members (excludes halogenated alkanes) is 16. The highest BCUT2D eigenvalue weighted by molar-refractivity contribution is 6.06. The smallest absolute Gasteiger partial charge is 0.306 e. The van der Waals surface area contributed by atoms with Gasteiger partial charge in [-0.05, 0) is 92.4 Å². The number of benzene rings is 1. The van der Waals surface area contributed by atoms with Crippen LogP contribution in [0.1, 0.15) is 176 Å². The Kier molecular flexibility index (Phi) is 28.4. The average Bonchev–Trinajstić information content (AvgIpc) is 3.63. The number of imidazole rings is 1. The Balaban J connectivity index is 1.43. The predicted molar refractivity (Wildman–Crippen MR) is 274 cm³/mol. The van der Waals surface area contributed by atoms with Crippen molar-refractivity contribution < 1.29 is 9.53 Å². The number of para-hydroxylation sites is 1. The molecule has 0 amide bonds. The van der Waals surface area contributed by atoms with Crippen molar-refractivity contribution in [3.05, 3.63) is 30.1 Å². The van der Waals surface area contributed by atoms with E-state index >= 15 is 0 Å². The zero-order chi connectivity index (χ0) is 46.4. The molecule has 0 aliphatic carbocycles. The molecule has 3 rings (SSSR count). The summed E-state index contributed by atoms with van der Waals surface area (Å²) in [6, 6.07) is 8.03. The lowest BCUT2D eigenvalue weighted by Crippen LogP contribution is -2.39. The molecule has 3 N–H and O–H groups in total. The van der Waals surface area contributed by atoms with Crippen molar-refractivity contribution in [3.63, 3.8) is 0 Å². The Labute approximate surface area is 392 Å². The summed E-state index contributed by atoms with van der Waals surface area (Å²) in [7, 11) is 4.59. The van der Waals surface area contributed by atoms with E-state index in [9.17, 15) is 4.79 Å². The van der Waals surface area contributed by atoms with Crippen LogP contribution in [-0.2, 0) is 22.6 Å². The van der Waals surface area contributed by atoms with Crippen LogP contribution in [0, 0.1) is 0 Å². The number of carbonyl (C=O) groups excluding carboxylic acids is 1. The van der Waals surface area contributed by atoms with Crippen LogP contribution >= 0.6 is 0 Å². The van der Waals surface area contributed by atoms with Gasteiger partial charge in [0.25, 0.3) is 0 Å². The molecule has 0 unspecified atom stereocenters. The largest absolute Gasteiger partial charge is 0.458 e. The molecular formula is C53H97N9O2. The summed E-state index contributed by atoms with van der Waals surface area (Å²) in [5, 5.41) is 4.41. The van der Waals surface area contributed by atoms with Crippen molar-refractivity contribution in [3.8, 4) is 0 Å². The van der Waals surface area contributed by atoms with Gasteiger partial charge in [-0.15, -0.1) is 0 Å². The summed E-state index contributed by atoms with van der Waals surface area (Å²) < 4.78 is 8.36. The number of rotatable bonds is 40. The van der Waals surface area contributed by atoms with Crippen LogP contribution in [0.3, 0.4) is 0 Å². The topological polar surface area (TPSA) is 108 Å². The maximum Gasteiger partial charge on any atom is 0.306 e. The number of nitrogens with two attached hydrogens (primary N) is 1. The Bertz CT molecular complexity index is 1660. The standard InChI is InChI=1S/C53H97N9O2/c1-9-13-15-17-19-21-23-29-35-60(12-4)42-40-58(7)38-39-59(8)41-43-61(36-30-24-22-20-18-16-14-10-2)37-31-25-26-34-49(63)64-53(5,6)45-62-48(44-55-11-3)57-50-51(62)46-32-27-28-33-47(46)56-52(50)54/h27-28,32-33,55H,9-26,29-31,34-45H2,1-8H3,(H2,54,56). The molecular weight excluding hydrogens is 795 g/mol. The summed E-state index contributed by atoms with van der Waals surface area (Å²) in [6.07, 6.45) is 25.3. The quantitative estimate of drug-likeness (QED) is 0.0423. The second-order valence-electron chi connectivity index (χ2n) is 19.5. The second kappa shape index (κ2) is 32.8. The van der Waals surface area contributed by atoms with Gasteiger partial charge in [0.05, 0.1) is 24.1 Å². The minimum atomic E-state index is -0.735. The number of aromatic nitrogens is 3. The SMILES string of the molecule is CCCCCCCCCCN(CC)CCN(C)CCN(C)CCN(CCCCCCCCCC)CCCCCC(=O)OC(C)(C)Cn1c(CNCC)nc2c(N)nc3ccccc3c21. The van der Waals surface area contributed by atoms with Crippen LogP contribution in [0.25, 0.3) is 21.9 Å². The summed E-state index contributed by atoms with van der Waals surface area (Å²) in [5.41, 5.74) is 8.16. The van der Waals surface area contributed by atoms with Crippen molar-refractivity contribution >= 4 is 33.7 Å². The molecule has 0 aliphatic rings. The van der Waals surface area contributed by atoms with E-state index in [1.54, 1.807) is 0 Å². The number of esters is 1. The summed E-state index contributed by atoms with van der Waals surface area (Å²) in [5.74, 6) is 1.14. The number of nitrogens with zero attached hydrogens (tertiary/aromatic N) is 7. The van der Waals surface area contributed by atoms with E-state index < -0.39 is 5.60 Å². The summed E-state index contributed by atoms with van der Waals surface area (Å²) in [4.78, 5) is 33.3. The van der Waals surface area contributed by atoms with E-state index in [2.05, 4.69) is 82.3 Å². The van der Waals surface area contributed by atoms with Gasteiger partial charge in [-0.25, -0.2) is 9.97 Å². The Morgan fingerprint density at radius 3 is 1.72 bits per heavy atom. The fourth-order valence-corrected chi connectivity index (χ4v) is 8.89. The van der Waals surface area contributed by atoms with E-state index in [0.717, 1.165) is 93.9 Å². The van der Waals surface area contributed by atoms with E-state index in [0.29, 0.717) is 30.8 Å². The first-order valence-corrected chi connectivity index (χ1v) is 26.3. The second-order valence-corrected chi connectivity index (χ2v) is 19.5. The van der Waals surface area contributed by atoms with Gasteiger partial charge >= 0.3 is 5.97 Å². The summed E-state index contributed by atoms with van der Waals surface area (Å²) in [6.45, 7) is 26.2. The number of nitrogen functional groups attached to an aromatic ring is 1. The molecule has 0 fully saturated rings. The van der Waals surface area contributed by atoms with E-state index in [1.807, 2.05) is 32.0 Å². The zero-order valence-corrected chi connectivity index (χ0v) is 42.7. The number of pyridine rings is 1. The molecule has 2 heterocycles. The van der Waals surface area contributed by atoms with Crippen LogP contribution in [0.15, 0.2) is 24.3 Å². The molecule has 11 nitrogen and oxygen atoms in total. The molecule has 3 aromatic rings. The first-order chi connectivity index (χ1) is 31.0. The van der Waals surface area contributed by atoms with Crippen molar-refractivity contribution in [1.82, 2.24) is 39.5 Å². The van der Waals surface area contributed by atoms with Gasteiger partial charge in [-0.1, -0.05) is 142 Å². The van der Waals surface area contributed by atoms with E-state index in [1.165, 1.54) is 122 Å². The summed E-state index contributed by atoms with van der Waals surface area (Å²) >= 11 is 0. The number of carbonyl (C=O) groups is 1. The lowest BCUT2D eigenvalue weighted by Gasteiger charge is -2.28. The van der Waals surface area contributed by atoms with Gasteiger partial charge in [0.15, 0.2) is 5.82 Å². The third-order valence-corrected chi connectivity index (χ3v) is 13.1. The minimum absolute atomic E-state index is 0.137. The van der Waals surface area contributed by atoms with Crippen molar-refractivity contribution in [2.24, 2.45) is 0 Å². The molecule has 2 aromatic heterocycles. The number of anilines is 1. The van der Waals surface area contributed by atoms with Crippen LogP contribution in [0.2, 0.25) is 0 Å². The zero-order valence-electron chi connectivity index (χ0n) is 42.7. The number of hydrogen-bond donors (Lipinski definition) is 2. The highest BCUT2D eigenvalue weighted by atomic mass is 16.6. The monoisotopic (exact) mass is 892 g/mol. The van der Waals surface area contributed by atoms with E-state index in [-0.39, 0.29) is 5.97 Å². The highest BCUT2D eigenvalue weighted by Gasteiger charge is 2.27. The van der Waals surface area contributed by atoms with Crippen LogP contribution in [0.5, 0.6) is 0 Å². The molecule has 0 saturated heterocycles. The number of nitrogens with one attached hydrogen (secondary N) is 1. The third kappa shape index (κ3) is 22.1. The van der Waals surface area contributed by atoms with Crippen LogP contribution < -0.4 is 11.1 Å². The number of ether oxygens (including phenoxy) is 1. The molecule has 0 aliphatic heterocycles. The van der Waals surface area contributed by atoms with Gasteiger partial charge in [0, 0.05) is 51.1 Å². The maximum atomic E-state index is 13.3. The maximum absolute atomic E-state index is 13.3. The molecule has 0 bridgehead atoms. The molecule has 0 saturated carbocycles. The lowest BCUT2D eigenvalue weighted by molar-refractivity contribution is -0.157. The Hall–Kier alpha value is -2.83.